The van der Waals surface area contributed by atoms with Crippen LogP contribution in [-0.2, 0) is 6.18 Å². The second-order valence-corrected chi connectivity index (χ2v) is 5.48. The summed E-state index contributed by atoms with van der Waals surface area (Å²) in [6, 6.07) is 11.6. The molecular weight excluding hydrogens is 353 g/mol. The molecule has 0 amide bonds. The molecule has 0 radical (unpaired) electrons. The van der Waals surface area contributed by atoms with Crippen LogP contribution in [0.3, 0.4) is 0 Å². The maximum absolute atomic E-state index is 13.8. The van der Waals surface area contributed by atoms with Gasteiger partial charge in [-0.05, 0) is 42.0 Å². The monoisotopic (exact) mass is 365 g/mol. The van der Waals surface area contributed by atoms with Crippen LogP contribution in [0.1, 0.15) is 5.56 Å². The number of hydrogen-bond acceptors (Lipinski definition) is 2. The van der Waals surface area contributed by atoms with Crippen molar-refractivity contribution in [2.45, 2.75) is 6.18 Å². The highest BCUT2D eigenvalue weighted by Gasteiger charge is 2.34. The van der Waals surface area contributed by atoms with Gasteiger partial charge in [-0.25, -0.2) is 8.78 Å². The lowest BCUT2D eigenvalue weighted by atomic mass is 9.98. The molecule has 0 saturated carbocycles. The highest BCUT2D eigenvalue weighted by molar-refractivity contribution is 5.77. The molecule has 3 aromatic rings. The molecule has 134 valence electrons. The van der Waals surface area contributed by atoms with Gasteiger partial charge in [0.25, 0.3) is 0 Å². The number of rotatable bonds is 3. The molecule has 26 heavy (non-hydrogen) atoms. The zero-order valence-corrected chi connectivity index (χ0v) is 13.1. The first kappa shape index (κ1) is 17.7. The molecule has 0 aliphatic carbocycles. The average molecular weight is 365 g/mol. The molecule has 0 spiro atoms. The van der Waals surface area contributed by atoms with Crippen LogP contribution >= 0.6 is 0 Å². The van der Waals surface area contributed by atoms with Crippen molar-refractivity contribution in [2.24, 2.45) is 0 Å². The minimum Gasteiger partial charge on any atom is -0.454 e. The summed E-state index contributed by atoms with van der Waals surface area (Å²) in [5.41, 5.74) is 4.92. The van der Waals surface area contributed by atoms with Gasteiger partial charge < -0.3 is 10.5 Å². The summed E-state index contributed by atoms with van der Waals surface area (Å²) in [6.45, 7) is 0. The van der Waals surface area contributed by atoms with Crippen LogP contribution in [0.15, 0.2) is 60.7 Å². The van der Waals surface area contributed by atoms with E-state index in [0.717, 1.165) is 18.2 Å². The third kappa shape index (κ3) is 3.61. The van der Waals surface area contributed by atoms with E-state index < -0.39 is 23.4 Å². The van der Waals surface area contributed by atoms with Gasteiger partial charge in [-0.15, -0.1) is 0 Å². The first-order valence-corrected chi connectivity index (χ1v) is 7.45. The highest BCUT2D eigenvalue weighted by atomic mass is 19.4. The van der Waals surface area contributed by atoms with E-state index in [1.807, 2.05) is 0 Å². The van der Waals surface area contributed by atoms with E-state index in [2.05, 4.69) is 0 Å². The Balaban J connectivity index is 2.14. The Bertz CT molecular complexity index is 953. The Morgan fingerprint density at radius 1 is 0.769 bits per heavy atom. The summed E-state index contributed by atoms with van der Waals surface area (Å²) in [4.78, 5) is 0. The predicted molar refractivity (Wildman–Crippen MR) is 87.7 cm³/mol. The zero-order chi connectivity index (χ0) is 18.9. The quantitative estimate of drug-likeness (QED) is 0.455. The first-order valence-electron chi connectivity index (χ1n) is 7.45. The number of alkyl halides is 3. The van der Waals surface area contributed by atoms with Crippen molar-refractivity contribution in [3.63, 3.8) is 0 Å². The van der Waals surface area contributed by atoms with Crippen molar-refractivity contribution < 1.29 is 26.7 Å². The van der Waals surface area contributed by atoms with E-state index in [1.54, 1.807) is 0 Å². The van der Waals surface area contributed by atoms with Gasteiger partial charge in [0, 0.05) is 17.3 Å². The minimum absolute atomic E-state index is 0.0404. The maximum Gasteiger partial charge on any atom is 0.417 e. The molecule has 0 aliphatic rings. The van der Waals surface area contributed by atoms with Gasteiger partial charge in [0.1, 0.15) is 11.6 Å². The fourth-order valence-corrected chi connectivity index (χ4v) is 2.49. The lowest BCUT2D eigenvalue weighted by molar-refractivity contribution is -0.137. The zero-order valence-electron chi connectivity index (χ0n) is 13.1. The lowest BCUT2D eigenvalue weighted by Gasteiger charge is -2.17. The van der Waals surface area contributed by atoms with Crippen molar-refractivity contribution in [1.82, 2.24) is 0 Å². The Labute approximate surface area is 145 Å². The maximum atomic E-state index is 13.8. The molecule has 0 saturated heterocycles. The van der Waals surface area contributed by atoms with Crippen LogP contribution in [0.2, 0.25) is 0 Å². The van der Waals surface area contributed by atoms with E-state index in [0.29, 0.717) is 6.07 Å². The molecule has 2 nitrogen and oxygen atoms in total. The van der Waals surface area contributed by atoms with E-state index in [1.165, 1.54) is 36.4 Å². The summed E-state index contributed by atoms with van der Waals surface area (Å²) in [5, 5.41) is 0. The first-order chi connectivity index (χ1) is 12.3. The molecule has 0 atom stereocenters. The summed E-state index contributed by atoms with van der Waals surface area (Å²) >= 11 is 0. The molecule has 3 rings (SSSR count). The van der Waals surface area contributed by atoms with E-state index in [9.17, 15) is 22.0 Å². The van der Waals surface area contributed by atoms with Gasteiger partial charge in [0.15, 0.2) is 11.6 Å². The third-order valence-corrected chi connectivity index (χ3v) is 3.64. The summed E-state index contributed by atoms with van der Waals surface area (Å²) in [6.07, 6.45) is -4.60. The van der Waals surface area contributed by atoms with Crippen molar-refractivity contribution in [1.29, 1.82) is 0 Å². The summed E-state index contributed by atoms with van der Waals surface area (Å²) in [5.74, 6) is -2.13. The molecule has 0 heterocycles. The van der Waals surface area contributed by atoms with Crippen LogP contribution in [0.4, 0.5) is 27.6 Å². The van der Waals surface area contributed by atoms with Crippen LogP contribution in [0.5, 0.6) is 11.5 Å². The number of ether oxygens (including phenoxy) is 1. The van der Waals surface area contributed by atoms with Crippen molar-refractivity contribution >= 4 is 5.69 Å². The van der Waals surface area contributed by atoms with E-state index in [-0.39, 0.29) is 28.3 Å². The molecule has 3 aromatic carbocycles. The molecular formula is C19H12F5NO. The molecule has 0 aliphatic heterocycles. The number of anilines is 1. The Kier molecular flexibility index (Phi) is 4.54. The lowest BCUT2D eigenvalue weighted by Crippen LogP contribution is -2.07. The van der Waals surface area contributed by atoms with Crippen molar-refractivity contribution in [3.8, 4) is 22.6 Å². The smallest absolute Gasteiger partial charge is 0.417 e. The van der Waals surface area contributed by atoms with Crippen LogP contribution in [0, 0.1) is 11.6 Å². The van der Waals surface area contributed by atoms with Crippen LogP contribution in [0.25, 0.3) is 11.1 Å². The Morgan fingerprint density at radius 3 is 2.15 bits per heavy atom. The van der Waals surface area contributed by atoms with Crippen LogP contribution in [-0.4, -0.2) is 0 Å². The van der Waals surface area contributed by atoms with Gasteiger partial charge >= 0.3 is 6.18 Å². The predicted octanol–water partition coefficient (Wildman–Crippen LogP) is 6.03. The molecule has 7 heteroatoms. The standard InChI is InChI=1S/C19H12F5NO/c20-11-5-7-18(16(21)9-11)26-17-8-6-12(25)10-14(17)13-3-1-2-4-15(13)19(22,23)24/h1-10H,25H2. The van der Waals surface area contributed by atoms with Gasteiger partial charge in [0.2, 0.25) is 0 Å². The second kappa shape index (κ2) is 6.67. The number of hydrogen-bond donors (Lipinski definition) is 1. The molecule has 2 N–H and O–H groups in total. The number of nitrogens with two attached hydrogens (primary N) is 1. The van der Waals surface area contributed by atoms with Crippen LogP contribution < -0.4 is 10.5 Å². The third-order valence-electron chi connectivity index (χ3n) is 3.64. The van der Waals surface area contributed by atoms with Gasteiger partial charge in [-0.1, -0.05) is 18.2 Å². The topological polar surface area (TPSA) is 35.2 Å². The van der Waals surface area contributed by atoms with E-state index >= 15 is 0 Å². The number of halogens is 5. The summed E-state index contributed by atoms with van der Waals surface area (Å²) in [7, 11) is 0. The van der Waals surface area contributed by atoms with Crippen molar-refractivity contribution in [3.05, 3.63) is 77.9 Å². The molecule has 0 aromatic heterocycles. The minimum atomic E-state index is -4.60. The normalized spacial score (nSPS) is 11.4. The number of benzene rings is 3. The van der Waals surface area contributed by atoms with Gasteiger partial charge in [0.05, 0.1) is 5.56 Å². The second-order valence-electron chi connectivity index (χ2n) is 5.48. The highest BCUT2D eigenvalue weighted by Crippen LogP contribution is 2.42. The molecule has 0 bridgehead atoms. The average Bonchev–Trinajstić information content (AvgIpc) is 2.58. The van der Waals surface area contributed by atoms with Crippen molar-refractivity contribution in [2.75, 3.05) is 5.73 Å². The van der Waals surface area contributed by atoms with Gasteiger partial charge in [-0.2, -0.15) is 13.2 Å². The van der Waals surface area contributed by atoms with E-state index in [4.69, 9.17) is 10.5 Å². The fourth-order valence-electron chi connectivity index (χ4n) is 2.49. The molecule has 0 unspecified atom stereocenters. The summed E-state index contributed by atoms with van der Waals surface area (Å²) < 4.78 is 72.3. The fraction of sp³-hybridized carbons (Fsp3) is 0.0526. The van der Waals surface area contributed by atoms with Gasteiger partial charge in [-0.3, -0.25) is 0 Å². The Hall–Kier alpha value is -3.09. The largest absolute Gasteiger partial charge is 0.454 e. The SMILES string of the molecule is Nc1ccc(Oc2ccc(F)cc2F)c(-c2ccccc2C(F)(F)F)c1. The number of nitrogen functional groups attached to an aromatic ring is 1. The Morgan fingerprint density at radius 2 is 1.46 bits per heavy atom. The molecule has 0 fully saturated rings.